The second-order valence-electron chi connectivity index (χ2n) is 6.23. The third-order valence-electron chi connectivity index (χ3n) is 4.36. The monoisotopic (exact) mass is 492 g/mol. The maximum atomic E-state index is 13.2. The predicted octanol–water partition coefficient (Wildman–Crippen LogP) is 6.14. The quantitative estimate of drug-likeness (QED) is 0.294. The molecule has 7 heteroatoms. The van der Waals surface area contributed by atoms with Gasteiger partial charge >= 0.3 is 0 Å². The average Bonchev–Trinajstić information content (AvgIpc) is 3.05. The van der Waals surface area contributed by atoms with Gasteiger partial charge in [0.25, 0.3) is 0 Å². The first-order valence-electron chi connectivity index (χ1n) is 8.57. The van der Waals surface area contributed by atoms with Crippen LogP contribution in [0, 0.1) is 21.2 Å². The summed E-state index contributed by atoms with van der Waals surface area (Å²) >= 11 is 2.21. The number of furan rings is 1. The molecule has 0 aliphatic rings. The Morgan fingerprint density at radius 3 is 2.86 bits per heavy atom. The van der Waals surface area contributed by atoms with Crippen LogP contribution < -0.4 is 4.74 Å². The van der Waals surface area contributed by atoms with Gasteiger partial charge in [0.1, 0.15) is 17.3 Å². The summed E-state index contributed by atoms with van der Waals surface area (Å²) in [5.74, 6) is 1.13. The molecule has 0 radical (unpaired) electrons. The van der Waals surface area contributed by atoms with Crippen molar-refractivity contribution in [2.45, 2.75) is 19.8 Å². The fourth-order valence-corrected chi connectivity index (χ4v) is 3.59. The topological polar surface area (TPSA) is 64.7 Å². The molecule has 2 aromatic heterocycles. The van der Waals surface area contributed by atoms with Gasteiger partial charge < -0.3 is 9.15 Å². The predicted molar refractivity (Wildman–Crippen MR) is 114 cm³/mol. The van der Waals surface area contributed by atoms with Crippen molar-refractivity contribution in [3.63, 3.8) is 0 Å². The Bertz CT molecular complexity index is 1030. The maximum absolute atomic E-state index is 13.2. The number of benzene rings is 1. The van der Waals surface area contributed by atoms with Crippen LogP contribution in [0.1, 0.15) is 23.1 Å². The van der Waals surface area contributed by atoms with Gasteiger partial charge in [0.2, 0.25) is 0 Å². The lowest BCUT2D eigenvalue weighted by atomic mass is 10.0. The van der Waals surface area contributed by atoms with Crippen LogP contribution in [0.5, 0.6) is 5.75 Å². The summed E-state index contributed by atoms with van der Waals surface area (Å²) in [6.45, 7) is 1.93. The SMILES string of the molecule is COc1ccc(-c2occ(/C=C(/CCc3cncc(F)c3)N=O)c2C)cc1I. The first-order valence-corrected chi connectivity index (χ1v) is 9.65. The normalized spacial score (nSPS) is 11.5. The van der Waals surface area contributed by atoms with Gasteiger partial charge in [-0.2, -0.15) is 0 Å². The first-order chi connectivity index (χ1) is 13.5. The molecule has 3 aromatic rings. The number of allylic oxidation sites excluding steroid dienone is 1. The van der Waals surface area contributed by atoms with Crippen LogP contribution in [0.15, 0.2) is 58.2 Å². The number of halogens is 2. The van der Waals surface area contributed by atoms with Crippen LogP contribution >= 0.6 is 22.6 Å². The molecule has 0 unspecified atom stereocenters. The number of methoxy groups -OCH3 is 1. The summed E-state index contributed by atoms with van der Waals surface area (Å²) in [4.78, 5) is 15.1. The molecule has 0 saturated carbocycles. The molecule has 0 N–H and O–H groups in total. The van der Waals surface area contributed by atoms with Crippen LogP contribution in [0.2, 0.25) is 0 Å². The molecule has 3 rings (SSSR count). The van der Waals surface area contributed by atoms with E-state index in [9.17, 15) is 9.30 Å². The fourth-order valence-electron chi connectivity index (χ4n) is 2.85. The van der Waals surface area contributed by atoms with Gasteiger partial charge in [-0.1, -0.05) is 0 Å². The average molecular weight is 492 g/mol. The number of hydrogen-bond donors (Lipinski definition) is 0. The number of pyridine rings is 1. The lowest BCUT2D eigenvalue weighted by molar-refractivity contribution is 0.412. The number of ether oxygens (including phenoxy) is 1. The van der Waals surface area contributed by atoms with Crippen molar-refractivity contribution in [3.8, 4) is 17.1 Å². The summed E-state index contributed by atoms with van der Waals surface area (Å²) < 4.78 is 25.2. The number of nitrogens with zero attached hydrogens (tertiary/aromatic N) is 2. The Labute approximate surface area is 175 Å². The van der Waals surface area contributed by atoms with Crippen molar-refractivity contribution in [1.82, 2.24) is 4.98 Å². The Hall–Kier alpha value is -2.55. The van der Waals surface area contributed by atoms with Crippen molar-refractivity contribution in [2.24, 2.45) is 5.18 Å². The zero-order chi connectivity index (χ0) is 20.1. The van der Waals surface area contributed by atoms with Crippen LogP contribution in [0.4, 0.5) is 4.39 Å². The molecule has 28 heavy (non-hydrogen) atoms. The van der Waals surface area contributed by atoms with Gasteiger partial charge in [-0.15, -0.1) is 4.91 Å². The zero-order valence-corrected chi connectivity index (χ0v) is 17.6. The molecule has 0 aliphatic heterocycles. The molecular formula is C21H18FIN2O3. The fraction of sp³-hybridized carbons (Fsp3) is 0.190. The van der Waals surface area contributed by atoms with E-state index in [0.717, 1.165) is 38.0 Å². The lowest BCUT2D eigenvalue weighted by Crippen LogP contribution is -1.90. The largest absolute Gasteiger partial charge is 0.496 e. The van der Waals surface area contributed by atoms with E-state index in [1.807, 2.05) is 25.1 Å². The third-order valence-corrected chi connectivity index (χ3v) is 5.21. The van der Waals surface area contributed by atoms with Gasteiger partial charge in [-0.3, -0.25) is 4.98 Å². The highest BCUT2D eigenvalue weighted by Crippen LogP contribution is 2.33. The van der Waals surface area contributed by atoms with Crippen LogP contribution in [-0.2, 0) is 6.42 Å². The highest BCUT2D eigenvalue weighted by Gasteiger charge is 2.13. The molecule has 0 amide bonds. The number of rotatable bonds is 7. The second kappa shape index (κ2) is 9.09. The number of hydrogen-bond acceptors (Lipinski definition) is 5. The molecule has 0 spiro atoms. The smallest absolute Gasteiger partial charge is 0.141 e. The van der Waals surface area contributed by atoms with Gasteiger partial charge in [0.05, 0.1) is 28.8 Å². The number of aromatic nitrogens is 1. The minimum atomic E-state index is -0.397. The van der Waals surface area contributed by atoms with Crippen LogP contribution in [-0.4, -0.2) is 12.1 Å². The lowest BCUT2D eigenvalue weighted by Gasteiger charge is -2.05. The summed E-state index contributed by atoms with van der Waals surface area (Å²) in [5.41, 5.74) is 3.70. The zero-order valence-electron chi connectivity index (χ0n) is 15.4. The number of aryl methyl sites for hydroxylation is 1. The van der Waals surface area contributed by atoms with E-state index >= 15 is 0 Å². The summed E-state index contributed by atoms with van der Waals surface area (Å²) in [6.07, 6.45) is 6.90. The highest BCUT2D eigenvalue weighted by molar-refractivity contribution is 14.1. The standard InChI is InChI=1S/C21H18FIN2O3/c1-13-16(8-18(25-26)5-3-14-7-17(22)11-24-10-14)12-28-21(13)15-4-6-20(27-2)19(23)9-15/h4,6-12H,3,5H2,1-2H3/b18-8-. The van der Waals surface area contributed by atoms with Gasteiger partial charge in [-0.25, -0.2) is 4.39 Å². The summed E-state index contributed by atoms with van der Waals surface area (Å²) in [6, 6.07) is 7.20. The van der Waals surface area contributed by atoms with Gasteiger partial charge in [0, 0.05) is 22.9 Å². The summed E-state index contributed by atoms with van der Waals surface area (Å²) in [7, 11) is 1.63. The van der Waals surface area contributed by atoms with E-state index in [4.69, 9.17) is 9.15 Å². The minimum Gasteiger partial charge on any atom is -0.496 e. The van der Waals surface area contributed by atoms with Crippen LogP contribution in [0.3, 0.4) is 0 Å². The van der Waals surface area contributed by atoms with Gasteiger partial charge in [-0.05, 0) is 83.4 Å². The van der Waals surface area contributed by atoms with E-state index in [1.165, 1.54) is 6.07 Å². The Morgan fingerprint density at radius 1 is 1.36 bits per heavy atom. The molecule has 2 heterocycles. The van der Waals surface area contributed by atoms with E-state index in [2.05, 4.69) is 32.8 Å². The molecule has 144 valence electrons. The number of nitroso groups, excluding NO2 is 1. The first kappa shape index (κ1) is 20.2. The Balaban J connectivity index is 1.81. The molecule has 1 aromatic carbocycles. The Morgan fingerprint density at radius 2 is 2.18 bits per heavy atom. The van der Waals surface area contributed by atoms with E-state index in [0.29, 0.717) is 24.1 Å². The molecule has 0 bridgehead atoms. The van der Waals surface area contributed by atoms with Crippen LogP contribution in [0.25, 0.3) is 17.4 Å². The molecule has 0 aliphatic carbocycles. The summed E-state index contributed by atoms with van der Waals surface area (Å²) in [5, 5.41) is 3.12. The van der Waals surface area contributed by atoms with Gasteiger partial charge in [0.15, 0.2) is 0 Å². The van der Waals surface area contributed by atoms with Crippen molar-refractivity contribution in [1.29, 1.82) is 0 Å². The molecule has 0 saturated heterocycles. The van der Waals surface area contributed by atoms with Crippen molar-refractivity contribution in [3.05, 3.63) is 79.6 Å². The molecule has 5 nitrogen and oxygen atoms in total. The minimum absolute atomic E-state index is 0.365. The van der Waals surface area contributed by atoms with Crippen molar-refractivity contribution in [2.75, 3.05) is 7.11 Å². The Kier molecular flexibility index (Phi) is 6.56. The maximum Gasteiger partial charge on any atom is 0.141 e. The molecule has 0 fully saturated rings. The molecule has 0 atom stereocenters. The molecular weight excluding hydrogens is 474 g/mol. The van der Waals surface area contributed by atoms with Crippen molar-refractivity contribution < 1.29 is 13.5 Å². The van der Waals surface area contributed by atoms with E-state index in [1.54, 1.807) is 25.6 Å². The second-order valence-corrected chi connectivity index (χ2v) is 7.40. The third kappa shape index (κ3) is 4.64. The highest BCUT2D eigenvalue weighted by atomic mass is 127. The van der Waals surface area contributed by atoms with E-state index < -0.39 is 5.82 Å². The van der Waals surface area contributed by atoms with E-state index in [-0.39, 0.29) is 0 Å². The van der Waals surface area contributed by atoms with Crippen molar-refractivity contribution >= 4 is 28.7 Å².